The van der Waals surface area contributed by atoms with Crippen molar-refractivity contribution in [3.05, 3.63) is 29.3 Å². The molecule has 2 rings (SSSR count). The van der Waals surface area contributed by atoms with Crippen molar-refractivity contribution in [2.24, 2.45) is 0 Å². The van der Waals surface area contributed by atoms with E-state index in [9.17, 15) is 0 Å². The third-order valence-electron chi connectivity index (χ3n) is 4.20. The van der Waals surface area contributed by atoms with Crippen molar-refractivity contribution in [2.45, 2.75) is 39.2 Å². The molecule has 1 saturated heterocycles. The van der Waals surface area contributed by atoms with Gasteiger partial charge in [-0.1, -0.05) is 13.0 Å². The van der Waals surface area contributed by atoms with Crippen molar-refractivity contribution < 1.29 is 0 Å². The summed E-state index contributed by atoms with van der Waals surface area (Å²) >= 11 is 0. The molecule has 0 aliphatic carbocycles. The molecule has 0 N–H and O–H groups in total. The van der Waals surface area contributed by atoms with Crippen molar-refractivity contribution in [1.82, 2.24) is 4.90 Å². The highest BCUT2D eigenvalue weighted by atomic mass is 15.2. The number of likely N-dealkylation sites (N-methyl/N-ethyl adjacent to an activating group) is 1. The van der Waals surface area contributed by atoms with Crippen LogP contribution in [0.1, 0.15) is 30.9 Å². The van der Waals surface area contributed by atoms with E-state index in [1.54, 1.807) is 0 Å². The van der Waals surface area contributed by atoms with E-state index in [1.165, 1.54) is 36.2 Å². The second kappa shape index (κ2) is 5.75. The van der Waals surface area contributed by atoms with Crippen LogP contribution in [-0.2, 0) is 6.42 Å². The predicted molar refractivity (Wildman–Crippen MR) is 79.5 cm³/mol. The zero-order chi connectivity index (χ0) is 13.1. The number of anilines is 1. The van der Waals surface area contributed by atoms with Crippen molar-refractivity contribution >= 4 is 5.69 Å². The maximum Gasteiger partial charge on any atom is 0.0369 e. The molecule has 100 valence electrons. The number of benzene rings is 1. The SMILES string of the molecule is CCc1ccc(N2CCCC(N(C)C)C2)cc1C. The van der Waals surface area contributed by atoms with Crippen molar-refractivity contribution in [2.75, 3.05) is 32.1 Å². The number of hydrogen-bond donors (Lipinski definition) is 0. The van der Waals surface area contributed by atoms with Gasteiger partial charge in [0.25, 0.3) is 0 Å². The van der Waals surface area contributed by atoms with Crippen LogP contribution in [0.4, 0.5) is 5.69 Å². The summed E-state index contributed by atoms with van der Waals surface area (Å²) in [5.41, 5.74) is 4.30. The van der Waals surface area contributed by atoms with Gasteiger partial charge in [-0.05, 0) is 63.5 Å². The molecular weight excluding hydrogens is 220 g/mol. The monoisotopic (exact) mass is 246 g/mol. The van der Waals surface area contributed by atoms with Crippen LogP contribution in [0.15, 0.2) is 18.2 Å². The van der Waals surface area contributed by atoms with Gasteiger partial charge in [0.1, 0.15) is 0 Å². The second-order valence-corrected chi connectivity index (χ2v) is 5.67. The van der Waals surface area contributed by atoms with Gasteiger partial charge >= 0.3 is 0 Å². The highest BCUT2D eigenvalue weighted by molar-refractivity contribution is 5.51. The van der Waals surface area contributed by atoms with Crippen molar-refractivity contribution in [3.8, 4) is 0 Å². The highest BCUT2D eigenvalue weighted by Gasteiger charge is 2.21. The Balaban J connectivity index is 2.13. The average molecular weight is 246 g/mol. The Kier molecular flexibility index (Phi) is 4.28. The average Bonchev–Trinajstić information content (AvgIpc) is 2.38. The summed E-state index contributed by atoms with van der Waals surface area (Å²) in [6.45, 7) is 6.83. The predicted octanol–water partition coefficient (Wildman–Crippen LogP) is 3.09. The van der Waals surface area contributed by atoms with Gasteiger partial charge in [0.15, 0.2) is 0 Å². The van der Waals surface area contributed by atoms with Crippen LogP contribution in [0, 0.1) is 6.92 Å². The Morgan fingerprint density at radius 1 is 1.33 bits per heavy atom. The van der Waals surface area contributed by atoms with E-state index in [0.717, 1.165) is 13.0 Å². The Morgan fingerprint density at radius 2 is 2.11 bits per heavy atom. The molecule has 1 aliphatic heterocycles. The fourth-order valence-corrected chi connectivity index (χ4v) is 2.88. The molecule has 18 heavy (non-hydrogen) atoms. The Morgan fingerprint density at radius 3 is 2.72 bits per heavy atom. The summed E-state index contributed by atoms with van der Waals surface area (Å²) in [7, 11) is 4.39. The molecule has 1 heterocycles. The van der Waals surface area contributed by atoms with Crippen molar-refractivity contribution in [3.63, 3.8) is 0 Å². The topological polar surface area (TPSA) is 6.48 Å². The summed E-state index contributed by atoms with van der Waals surface area (Å²) in [6, 6.07) is 7.65. The molecule has 2 heteroatoms. The maximum absolute atomic E-state index is 2.54. The van der Waals surface area contributed by atoms with Crippen LogP contribution in [0.25, 0.3) is 0 Å². The molecule has 0 saturated carbocycles. The van der Waals surface area contributed by atoms with Crippen LogP contribution in [0.3, 0.4) is 0 Å². The largest absolute Gasteiger partial charge is 0.370 e. The van der Waals surface area contributed by atoms with Gasteiger partial charge in [-0.15, -0.1) is 0 Å². The zero-order valence-electron chi connectivity index (χ0n) is 12.2. The van der Waals surface area contributed by atoms with E-state index in [1.807, 2.05) is 0 Å². The minimum Gasteiger partial charge on any atom is -0.370 e. The number of piperidine rings is 1. The normalized spacial score (nSPS) is 20.5. The summed E-state index contributed by atoms with van der Waals surface area (Å²) in [5, 5.41) is 0. The van der Waals surface area contributed by atoms with Gasteiger partial charge in [-0.25, -0.2) is 0 Å². The molecule has 1 atom stereocenters. The standard InChI is InChI=1S/C16H26N2/c1-5-14-8-9-15(11-13(14)2)18-10-6-7-16(12-18)17(3)4/h8-9,11,16H,5-7,10,12H2,1-4H3. The molecule has 0 amide bonds. The fraction of sp³-hybridized carbons (Fsp3) is 0.625. The Bertz CT molecular complexity index is 398. The first kappa shape index (κ1) is 13.4. The summed E-state index contributed by atoms with van der Waals surface area (Å²) in [5.74, 6) is 0. The minimum absolute atomic E-state index is 0.699. The molecule has 0 radical (unpaired) electrons. The van der Waals surface area contributed by atoms with E-state index in [-0.39, 0.29) is 0 Å². The molecule has 2 nitrogen and oxygen atoms in total. The summed E-state index contributed by atoms with van der Waals surface area (Å²) < 4.78 is 0. The highest BCUT2D eigenvalue weighted by Crippen LogP contribution is 2.24. The van der Waals surface area contributed by atoms with Crippen molar-refractivity contribution in [1.29, 1.82) is 0 Å². The third kappa shape index (κ3) is 2.86. The molecule has 0 spiro atoms. The zero-order valence-corrected chi connectivity index (χ0v) is 12.2. The lowest BCUT2D eigenvalue weighted by Crippen LogP contribution is -2.45. The van der Waals surface area contributed by atoms with Gasteiger partial charge < -0.3 is 9.80 Å². The first-order valence-corrected chi connectivity index (χ1v) is 7.12. The molecule has 1 fully saturated rings. The smallest absolute Gasteiger partial charge is 0.0369 e. The molecular formula is C16H26N2. The van der Waals surface area contributed by atoms with E-state index in [0.29, 0.717) is 6.04 Å². The van der Waals surface area contributed by atoms with Gasteiger partial charge in [0.2, 0.25) is 0 Å². The Labute approximate surface area is 112 Å². The molecule has 1 aliphatic rings. The van der Waals surface area contributed by atoms with E-state index in [2.05, 4.69) is 55.9 Å². The second-order valence-electron chi connectivity index (χ2n) is 5.67. The Hall–Kier alpha value is -1.02. The van der Waals surface area contributed by atoms with Crippen LogP contribution in [0.2, 0.25) is 0 Å². The van der Waals surface area contributed by atoms with Crippen LogP contribution in [0.5, 0.6) is 0 Å². The first-order valence-electron chi connectivity index (χ1n) is 7.12. The van der Waals surface area contributed by atoms with Gasteiger partial charge in [0, 0.05) is 24.8 Å². The summed E-state index contributed by atoms with van der Waals surface area (Å²) in [6.07, 6.45) is 3.76. The lowest BCUT2D eigenvalue weighted by atomic mass is 10.0. The number of rotatable bonds is 3. The van der Waals surface area contributed by atoms with Gasteiger partial charge in [-0.2, -0.15) is 0 Å². The van der Waals surface area contributed by atoms with E-state index in [4.69, 9.17) is 0 Å². The minimum atomic E-state index is 0.699. The lowest BCUT2D eigenvalue weighted by molar-refractivity contribution is 0.258. The first-order chi connectivity index (χ1) is 8.61. The molecule has 1 aromatic rings. The van der Waals surface area contributed by atoms with E-state index >= 15 is 0 Å². The maximum atomic E-state index is 2.54. The number of nitrogens with zero attached hydrogens (tertiary/aromatic N) is 2. The quantitative estimate of drug-likeness (QED) is 0.808. The molecule has 1 unspecified atom stereocenters. The number of hydrogen-bond acceptors (Lipinski definition) is 2. The molecule has 0 bridgehead atoms. The van der Waals surface area contributed by atoms with Gasteiger partial charge in [-0.3, -0.25) is 0 Å². The van der Waals surface area contributed by atoms with Crippen LogP contribution >= 0.6 is 0 Å². The van der Waals surface area contributed by atoms with Crippen LogP contribution < -0.4 is 4.90 Å². The summed E-state index contributed by atoms with van der Waals surface area (Å²) in [4.78, 5) is 4.90. The third-order valence-corrected chi connectivity index (χ3v) is 4.20. The lowest BCUT2D eigenvalue weighted by Gasteiger charge is -2.37. The van der Waals surface area contributed by atoms with Gasteiger partial charge in [0.05, 0.1) is 0 Å². The van der Waals surface area contributed by atoms with E-state index < -0.39 is 0 Å². The molecule has 1 aromatic carbocycles. The number of aryl methyl sites for hydroxylation is 2. The fourth-order valence-electron chi connectivity index (χ4n) is 2.88. The van der Waals surface area contributed by atoms with Crippen LogP contribution in [-0.4, -0.2) is 38.1 Å². The molecule has 0 aromatic heterocycles.